The van der Waals surface area contributed by atoms with Gasteiger partial charge in [0.1, 0.15) is 0 Å². The van der Waals surface area contributed by atoms with Gasteiger partial charge in [-0.2, -0.15) is 11.8 Å². The maximum Gasteiger partial charge on any atom is 0.0296 e. The summed E-state index contributed by atoms with van der Waals surface area (Å²) in [6.45, 7) is 6.88. The van der Waals surface area contributed by atoms with Gasteiger partial charge in [-0.1, -0.05) is 44.6 Å². The van der Waals surface area contributed by atoms with Crippen molar-refractivity contribution in [3.63, 3.8) is 0 Å². The van der Waals surface area contributed by atoms with Crippen molar-refractivity contribution in [1.29, 1.82) is 0 Å². The number of thioether (sulfide) groups is 1. The molecule has 0 radical (unpaired) electrons. The largest absolute Gasteiger partial charge is 0.157 e. The first-order valence-electron chi connectivity index (χ1n) is 4.45. The van der Waals surface area contributed by atoms with Crippen LogP contribution in [0.5, 0.6) is 0 Å². The molecule has 0 spiro atoms. The average Bonchev–Trinajstić information content (AvgIpc) is 2.03. The van der Waals surface area contributed by atoms with Gasteiger partial charge in [0.15, 0.2) is 0 Å². The Labute approximate surface area is 80.1 Å². The molecule has 0 heterocycles. The van der Waals surface area contributed by atoms with Crippen LogP contribution in [0.3, 0.4) is 0 Å². The smallest absolute Gasteiger partial charge is 0.0296 e. The summed E-state index contributed by atoms with van der Waals surface area (Å²) in [5, 5.41) is 0.704. The van der Waals surface area contributed by atoms with Gasteiger partial charge in [0, 0.05) is 5.25 Å². The Kier molecular flexibility index (Phi) is 3.05. The molecule has 1 aliphatic carbocycles. The van der Waals surface area contributed by atoms with E-state index in [-0.39, 0.29) is 0 Å². The third-order valence-electron chi connectivity index (χ3n) is 2.26. The van der Waals surface area contributed by atoms with Crippen molar-refractivity contribution in [2.75, 3.05) is 6.26 Å². The predicted octanol–water partition coefficient (Wildman–Crippen LogP) is 3.65. The molecule has 0 fully saturated rings. The molecule has 0 saturated carbocycles. The molecular weight excluding hydrogens is 164 g/mol. The summed E-state index contributed by atoms with van der Waals surface area (Å²) in [6.07, 6.45) is 10.1. The van der Waals surface area contributed by atoms with E-state index in [4.69, 9.17) is 0 Å². The second-order valence-corrected chi connectivity index (χ2v) is 5.30. The highest BCUT2D eigenvalue weighted by atomic mass is 32.2. The van der Waals surface area contributed by atoms with E-state index in [2.05, 4.69) is 45.3 Å². The van der Waals surface area contributed by atoms with Crippen LogP contribution < -0.4 is 0 Å². The maximum atomic E-state index is 2.29. The van der Waals surface area contributed by atoms with Crippen LogP contribution in [0.25, 0.3) is 0 Å². The van der Waals surface area contributed by atoms with Gasteiger partial charge in [0.2, 0.25) is 0 Å². The summed E-state index contributed by atoms with van der Waals surface area (Å²) in [5.74, 6) is 0. The minimum Gasteiger partial charge on any atom is -0.157 e. The molecule has 0 amide bonds. The second kappa shape index (κ2) is 3.69. The van der Waals surface area contributed by atoms with Crippen LogP contribution in [-0.4, -0.2) is 11.5 Å². The molecule has 0 N–H and O–H groups in total. The van der Waals surface area contributed by atoms with Crippen LogP contribution in [-0.2, 0) is 0 Å². The summed E-state index contributed by atoms with van der Waals surface area (Å²) in [5.41, 5.74) is 1.91. The fourth-order valence-electron chi connectivity index (χ4n) is 1.56. The summed E-state index contributed by atoms with van der Waals surface area (Å²) in [4.78, 5) is 0. The highest BCUT2D eigenvalue weighted by Gasteiger charge is 2.24. The molecule has 68 valence electrons. The molecular formula is C11H18S. The maximum absolute atomic E-state index is 2.29. The van der Waals surface area contributed by atoms with E-state index >= 15 is 0 Å². The molecule has 0 nitrogen and oxygen atoms in total. The number of allylic oxidation sites excluding steroid dienone is 3. The van der Waals surface area contributed by atoms with Crippen LogP contribution in [0.15, 0.2) is 23.8 Å². The van der Waals surface area contributed by atoms with E-state index in [9.17, 15) is 0 Å². The van der Waals surface area contributed by atoms with Crippen LogP contribution >= 0.6 is 11.8 Å². The van der Waals surface area contributed by atoms with E-state index in [0.717, 1.165) is 0 Å². The Bertz CT molecular complexity index is 206. The van der Waals surface area contributed by atoms with E-state index in [1.165, 1.54) is 6.42 Å². The summed E-state index contributed by atoms with van der Waals surface area (Å²) in [6, 6.07) is 0. The number of hydrogen-bond acceptors (Lipinski definition) is 1. The molecule has 1 aliphatic rings. The molecule has 12 heavy (non-hydrogen) atoms. The van der Waals surface area contributed by atoms with Gasteiger partial charge in [-0.3, -0.25) is 0 Å². The van der Waals surface area contributed by atoms with Crippen molar-refractivity contribution in [1.82, 2.24) is 0 Å². The monoisotopic (exact) mass is 182 g/mol. The lowest BCUT2D eigenvalue weighted by Crippen LogP contribution is -2.20. The lowest BCUT2D eigenvalue weighted by molar-refractivity contribution is 0.485. The first kappa shape index (κ1) is 9.91. The predicted molar refractivity (Wildman–Crippen MR) is 58.6 cm³/mol. The molecule has 0 saturated heterocycles. The van der Waals surface area contributed by atoms with Gasteiger partial charge in [-0.15, -0.1) is 0 Å². The third kappa shape index (κ3) is 2.16. The van der Waals surface area contributed by atoms with Gasteiger partial charge >= 0.3 is 0 Å². The first-order valence-corrected chi connectivity index (χ1v) is 5.74. The standard InChI is InChI=1S/C11H18S/c1-11(2,3)9-7-5-6-8-10(9)12-4/h5-7,10H,8H2,1-4H3. The van der Waals surface area contributed by atoms with Gasteiger partial charge < -0.3 is 0 Å². The molecule has 0 aliphatic heterocycles. The second-order valence-electron chi connectivity index (χ2n) is 4.26. The average molecular weight is 182 g/mol. The topological polar surface area (TPSA) is 0 Å². The van der Waals surface area contributed by atoms with Crippen molar-refractivity contribution >= 4 is 11.8 Å². The van der Waals surface area contributed by atoms with Crippen molar-refractivity contribution in [2.45, 2.75) is 32.4 Å². The molecule has 0 bridgehead atoms. The molecule has 1 rings (SSSR count). The van der Waals surface area contributed by atoms with E-state index < -0.39 is 0 Å². The van der Waals surface area contributed by atoms with Crippen molar-refractivity contribution < 1.29 is 0 Å². The quantitative estimate of drug-likeness (QED) is 0.596. The van der Waals surface area contributed by atoms with Gasteiger partial charge in [0.25, 0.3) is 0 Å². The summed E-state index contributed by atoms with van der Waals surface area (Å²) >= 11 is 1.96. The number of rotatable bonds is 1. The van der Waals surface area contributed by atoms with Crippen LogP contribution in [0.1, 0.15) is 27.2 Å². The van der Waals surface area contributed by atoms with Crippen LogP contribution in [0.4, 0.5) is 0 Å². The minimum atomic E-state index is 0.332. The zero-order valence-corrected chi connectivity index (χ0v) is 9.24. The molecule has 1 unspecified atom stereocenters. The van der Waals surface area contributed by atoms with Crippen molar-refractivity contribution in [2.24, 2.45) is 5.41 Å². The summed E-state index contributed by atoms with van der Waals surface area (Å²) in [7, 11) is 0. The third-order valence-corrected chi connectivity index (χ3v) is 3.27. The van der Waals surface area contributed by atoms with Gasteiger partial charge in [0.05, 0.1) is 0 Å². The van der Waals surface area contributed by atoms with Crippen molar-refractivity contribution in [3.8, 4) is 0 Å². The minimum absolute atomic E-state index is 0.332. The zero-order chi connectivity index (χ0) is 9.19. The van der Waals surface area contributed by atoms with Gasteiger partial charge in [-0.05, 0) is 18.1 Å². The SMILES string of the molecule is CSC1CC=CC=C1C(C)(C)C. The molecule has 1 heteroatoms. The lowest BCUT2D eigenvalue weighted by Gasteiger charge is -2.30. The Morgan fingerprint density at radius 1 is 1.42 bits per heavy atom. The van der Waals surface area contributed by atoms with Crippen LogP contribution in [0.2, 0.25) is 0 Å². The Balaban J connectivity index is 2.84. The first-order chi connectivity index (χ1) is 5.55. The Morgan fingerprint density at radius 3 is 2.50 bits per heavy atom. The van der Waals surface area contributed by atoms with E-state index in [1.54, 1.807) is 5.57 Å². The summed E-state index contributed by atoms with van der Waals surface area (Å²) < 4.78 is 0. The Hall–Kier alpha value is -0.170. The van der Waals surface area contributed by atoms with Crippen molar-refractivity contribution in [3.05, 3.63) is 23.8 Å². The normalized spacial score (nSPS) is 24.0. The van der Waals surface area contributed by atoms with Gasteiger partial charge in [-0.25, -0.2) is 0 Å². The Morgan fingerprint density at radius 2 is 2.08 bits per heavy atom. The van der Waals surface area contributed by atoms with E-state index in [1.807, 2.05) is 11.8 Å². The highest BCUT2D eigenvalue weighted by molar-refractivity contribution is 7.99. The van der Waals surface area contributed by atoms with Crippen LogP contribution in [0, 0.1) is 5.41 Å². The number of hydrogen-bond donors (Lipinski definition) is 0. The highest BCUT2D eigenvalue weighted by Crippen LogP contribution is 2.36. The lowest BCUT2D eigenvalue weighted by atomic mass is 9.81. The molecule has 0 aromatic rings. The fraction of sp³-hybridized carbons (Fsp3) is 0.636. The zero-order valence-electron chi connectivity index (χ0n) is 8.42. The molecule has 0 aromatic heterocycles. The fourth-order valence-corrected chi connectivity index (χ4v) is 2.55. The molecule has 1 atom stereocenters. The van der Waals surface area contributed by atoms with E-state index in [0.29, 0.717) is 10.7 Å². The molecule has 0 aromatic carbocycles.